The largest absolute Gasteiger partial charge is 0.481 e. The summed E-state index contributed by atoms with van der Waals surface area (Å²) in [6.45, 7) is 2.71. The molecule has 1 aromatic carbocycles. The van der Waals surface area contributed by atoms with Crippen LogP contribution in [0.2, 0.25) is 5.02 Å². The van der Waals surface area contributed by atoms with E-state index >= 15 is 0 Å². The van der Waals surface area contributed by atoms with Crippen molar-refractivity contribution >= 4 is 34.4 Å². The summed E-state index contributed by atoms with van der Waals surface area (Å²) in [5, 5.41) is 10.5. The second-order valence-corrected chi connectivity index (χ2v) is 6.19. The van der Waals surface area contributed by atoms with E-state index in [4.69, 9.17) is 21.1 Å². The summed E-state index contributed by atoms with van der Waals surface area (Å²) in [5.74, 6) is -1.20. The quantitative estimate of drug-likeness (QED) is 0.921. The molecule has 116 valence electrons. The van der Waals surface area contributed by atoms with Crippen molar-refractivity contribution < 1.29 is 19.1 Å². The summed E-state index contributed by atoms with van der Waals surface area (Å²) in [6, 6.07) is 6.86. The lowest BCUT2D eigenvalue weighted by Gasteiger charge is -2.34. The zero-order valence-corrected chi connectivity index (χ0v) is 12.8. The fourth-order valence-corrected chi connectivity index (χ4v) is 3.15. The van der Waals surface area contributed by atoms with Crippen LogP contribution in [0.5, 0.6) is 0 Å². The third kappa shape index (κ3) is 2.68. The van der Waals surface area contributed by atoms with Crippen molar-refractivity contribution in [2.75, 3.05) is 13.1 Å². The number of piperidine rings is 1. The highest BCUT2D eigenvalue weighted by atomic mass is 35.5. The van der Waals surface area contributed by atoms with Crippen LogP contribution < -0.4 is 0 Å². The molecule has 2 heterocycles. The van der Waals surface area contributed by atoms with Crippen molar-refractivity contribution in [3.63, 3.8) is 0 Å². The second-order valence-electron chi connectivity index (χ2n) is 5.75. The van der Waals surface area contributed by atoms with E-state index in [9.17, 15) is 9.59 Å². The van der Waals surface area contributed by atoms with Gasteiger partial charge in [0.15, 0.2) is 5.76 Å². The lowest BCUT2D eigenvalue weighted by molar-refractivity contribution is -0.145. The van der Waals surface area contributed by atoms with Gasteiger partial charge in [-0.3, -0.25) is 9.59 Å². The van der Waals surface area contributed by atoms with E-state index in [1.807, 2.05) is 6.92 Å². The van der Waals surface area contributed by atoms with E-state index in [2.05, 4.69) is 0 Å². The Labute approximate surface area is 132 Å². The number of carbonyl (C=O) groups excluding carboxylic acids is 1. The van der Waals surface area contributed by atoms with Crippen LogP contribution in [0.1, 0.15) is 23.9 Å². The molecule has 2 atom stereocenters. The third-order valence-electron chi connectivity index (χ3n) is 4.20. The topological polar surface area (TPSA) is 70.8 Å². The molecule has 6 heteroatoms. The fourth-order valence-electron chi connectivity index (χ4n) is 2.97. The molecule has 3 rings (SSSR count). The molecule has 5 nitrogen and oxygen atoms in total. The number of fused-ring (bicyclic) bond motifs is 1. The fraction of sp³-hybridized carbons (Fsp3) is 0.375. The Balaban J connectivity index is 1.80. The number of aliphatic carboxylic acids is 1. The maximum Gasteiger partial charge on any atom is 0.306 e. The lowest BCUT2D eigenvalue weighted by Crippen LogP contribution is -2.44. The molecule has 22 heavy (non-hydrogen) atoms. The summed E-state index contributed by atoms with van der Waals surface area (Å²) in [7, 11) is 0. The molecule has 2 aromatic rings. The molecule has 2 unspecified atom stereocenters. The van der Waals surface area contributed by atoms with Gasteiger partial charge in [-0.1, -0.05) is 18.5 Å². The molecule has 1 amide bonds. The Morgan fingerprint density at radius 3 is 2.82 bits per heavy atom. The number of amides is 1. The predicted molar refractivity (Wildman–Crippen MR) is 82.0 cm³/mol. The predicted octanol–water partition coefficient (Wildman–Crippen LogP) is 3.27. The van der Waals surface area contributed by atoms with Crippen LogP contribution in [0.4, 0.5) is 0 Å². The summed E-state index contributed by atoms with van der Waals surface area (Å²) in [6.07, 6.45) is 0.467. The van der Waals surface area contributed by atoms with Crippen molar-refractivity contribution in [1.82, 2.24) is 4.90 Å². The van der Waals surface area contributed by atoms with Crippen molar-refractivity contribution in [3.05, 3.63) is 35.0 Å². The van der Waals surface area contributed by atoms with Gasteiger partial charge in [0.05, 0.1) is 5.92 Å². The number of halogens is 1. The maximum atomic E-state index is 12.5. The molecule has 0 radical (unpaired) electrons. The number of hydrogen-bond donors (Lipinski definition) is 1. The Morgan fingerprint density at radius 2 is 2.14 bits per heavy atom. The molecule has 1 aliphatic heterocycles. The minimum Gasteiger partial charge on any atom is -0.481 e. The molecular weight excluding hydrogens is 306 g/mol. The van der Waals surface area contributed by atoms with Crippen LogP contribution in [-0.4, -0.2) is 35.0 Å². The summed E-state index contributed by atoms with van der Waals surface area (Å²) in [4.78, 5) is 25.3. The highest BCUT2D eigenvalue weighted by Gasteiger charge is 2.34. The Hall–Kier alpha value is -2.01. The number of likely N-dealkylation sites (tertiary alicyclic amines) is 1. The summed E-state index contributed by atoms with van der Waals surface area (Å²) < 4.78 is 5.58. The van der Waals surface area contributed by atoms with Crippen LogP contribution in [-0.2, 0) is 4.79 Å². The number of benzene rings is 1. The number of carboxylic acids is 1. The van der Waals surface area contributed by atoms with Gasteiger partial charge in [-0.15, -0.1) is 0 Å². The summed E-state index contributed by atoms with van der Waals surface area (Å²) >= 11 is 5.93. The second kappa shape index (κ2) is 5.65. The van der Waals surface area contributed by atoms with E-state index in [1.165, 1.54) is 0 Å². The molecule has 0 saturated carbocycles. The van der Waals surface area contributed by atoms with Crippen molar-refractivity contribution in [3.8, 4) is 0 Å². The number of hydrogen-bond acceptors (Lipinski definition) is 3. The maximum absolute atomic E-state index is 12.5. The summed E-state index contributed by atoms with van der Waals surface area (Å²) in [5.41, 5.74) is 0.612. The zero-order valence-electron chi connectivity index (χ0n) is 12.1. The molecule has 0 spiro atoms. The first-order valence-corrected chi connectivity index (χ1v) is 7.54. The average molecular weight is 322 g/mol. The van der Waals surface area contributed by atoms with E-state index < -0.39 is 11.9 Å². The van der Waals surface area contributed by atoms with Gasteiger partial charge in [0.1, 0.15) is 5.58 Å². The molecular formula is C16H16ClNO4. The third-order valence-corrected chi connectivity index (χ3v) is 4.43. The van der Waals surface area contributed by atoms with Crippen LogP contribution in [0.15, 0.2) is 28.7 Å². The molecule has 1 saturated heterocycles. The van der Waals surface area contributed by atoms with E-state index in [0.29, 0.717) is 30.1 Å². The van der Waals surface area contributed by atoms with Gasteiger partial charge in [-0.25, -0.2) is 0 Å². The highest BCUT2D eigenvalue weighted by molar-refractivity contribution is 6.31. The minimum absolute atomic E-state index is 0.0750. The van der Waals surface area contributed by atoms with Gasteiger partial charge in [-0.2, -0.15) is 0 Å². The number of rotatable bonds is 2. The van der Waals surface area contributed by atoms with E-state index in [1.54, 1.807) is 29.2 Å². The Morgan fingerprint density at radius 1 is 1.36 bits per heavy atom. The molecule has 1 aliphatic rings. The van der Waals surface area contributed by atoms with Gasteiger partial charge in [0.2, 0.25) is 0 Å². The van der Waals surface area contributed by atoms with Gasteiger partial charge in [0, 0.05) is 23.5 Å². The van der Waals surface area contributed by atoms with Crippen molar-refractivity contribution in [2.45, 2.75) is 13.3 Å². The van der Waals surface area contributed by atoms with E-state index in [-0.39, 0.29) is 17.6 Å². The highest BCUT2D eigenvalue weighted by Crippen LogP contribution is 2.27. The van der Waals surface area contributed by atoms with Crippen LogP contribution in [0.3, 0.4) is 0 Å². The number of carboxylic acid groups (broad SMARTS) is 1. The SMILES string of the molecule is CC1CN(C(=O)c2cc3cc(Cl)ccc3o2)CCC1C(=O)O. The van der Waals surface area contributed by atoms with Gasteiger partial charge in [-0.05, 0) is 36.6 Å². The standard InChI is InChI=1S/C16H16ClNO4/c1-9-8-18(5-4-12(9)16(20)21)15(19)14-7-10-6-11(17)2-3-13(10)22-14/h2-3,6-7,9,12H,4-5,8H2,1H3,(H,20,21). The number of furan rings is 1. The van der Waals surface area contributed by atoms with Gasteiger partial charge in [0.25, 0.3) is 5.91 Å². The monoisotopic (exact) mass is 321 g/mol. The molecule has 1 N–H and O–H groups in total. The lowest BCUT2D eigenvalue weighted by atomic mass is 9.87. The Bertz CT molecular complexity index is 739. The van der Waals surface area contributed by atoms with Crippen molar-refractivity contribution in [1.29, 1.82) is 0 Å². The van der Waals surface area contributed by atoms with E-state index in [0.717, 1.165) is 5.39 Å². The average Bonchev–Trinajstić information content (AvgIpc) is 2.88. The van der Waals surface area contributed by atoms with Gasteiger partial charge < -0.3 is 14.4 Å². The first kappa shape index (κ1) is 14.9. The van der Waals surface area contributed by atoms with Gasteiger partial charge >= 0.3 is 5.97 Å². The minimum atomic E-state index is -0.794. The normalized spacial score (nSPS) is 22.0. The number of nitrogens with zero attached hydrogens (tertiary/aromatic N) is 1. The number of carbonyl (C=O) groups is 2. The zero-order chi connectivity index (χ0) is 15.9. The van der Waals surface area contributed by atoms with Crippen LogP contribution in [0, 0.1) is 11.8 Å². The Kier molecular flexibility index (Phi) is 3.83. The van der Waals surface area contributed by atoms with Crippen LogP contribution in [0.25, 0.3) is 11.0 Å². The molecule has 0 bridgehead atoms. The molecule has 1 fully saturated rings. The van der Waals surface area contributed by atoms with Crippen molar-refractivity contribution in [2.24, 2.45) is 11.8 Å². The first-order valence-electron chi connectivity index (χ1n) is 7.17. The molecule has 0 aliphatic carbocycles. The van der Waals surface area contributed by atoms with Crippen LogP contribution >= 0.6 is 11.6 Å². The first-order chi connectivity index (χ1) is 10.5. The molecule has 1 aromatic heterocycles. The smallest absolute Gasteiger partial charge is 0.306 e.